The molecule has 4 heteroatoms. The van der Waals surface area contributed by atoms with Crippen LogP contribution in [-0.2, 0) is 4.79 Å². The first-order chi connectivity index (χ1) is 6.49. The van der Waals surface area contributed by atoms with E-state index in [1.54, 1.807) is 0 Å². The molecule has 2 atom stereocenters. The van der Waals surface area contributed by atoms with E-state index in [2.05, 4.69) is 12.2 Å². The maximum atomic E-state index is 11.5. The van der Waals surface area contributed by atoms with Gasteiger partial charge in [-0.05, 0) is 18.6 Å². The summed E-state index contributed by atoms with van der Waals surface area (Å²) >= 11 is 1.82. The van der Waals surface area contributed by atoms with Gasteiger partial charge in [0, 0.05) is 11.8 Å². The van der Waals surface area contributed by atoms with Crippen molar-refractivity contribution in [3.05, 3.63) is 0 Å². The molecule has 0 radical (unpaired) electrons. The van der Waals surface area contributed by atoms with Crippen molar-refractivity contribution >= 4 is 17.7 Å². The summed E-state index contributed by atoms with van der Waals surface area (Å²) in [6, 6.07) is -0.179. The molecule has 0 heterocycles. The van der Waals surface area contributed by atoms with E-state index in [1.807, 2.05) is 32.5 Å². The van der Waals surface area contributed by atoms with Crippen molar-refractivity contribution in [3.63, 3.8) is 0 Å². The number of rotatable bonds is 6. The van der Waals surface area contributed by atoms with E-state index in [1.165, 1.54) is 0 Å². The van der Waals surface area contributed by atoms with Gasteiger partial charge in [-0.1, -0.05) is 20.8 Å². The van der Waals surface area contributed by atoms with E-state index in [9.17, 15) is 4.79 Å². The Morgan fingerprint density at radius 3 is 2.43 bits per heavy atom. The van der Waals surface area contributed by atoms with Gasteiger partial charge in [0.2, 0.25) is 5.91 Å². The molecule has 0 aromatic rings. The molecule has 0 aliphatic rings. The Balaban J connectivity index is 3.81. The van der Waals surface area contributed by atoms with Crippen molar-refractivity contribution in [3.8, 4) is 0 Å². The molecule has 84 valence electrons. The van der Waals surface area contributed by atoms with Crippen LogP contribution in [-0.4, -0.2) is 29.5 Å². The Bertz CT molecular complexity index is 174. The minimum absolute atomic E-state index is 0.0378. The van der Waals surface area contributed by atoms with Crippen LogP contribution in [0.4, 0.5) is 0 Å². The lowest BCUT2D eigenvalue weighted by atomic mass is 10.0. The molecule has 3 nitrogen and oxygen atoms in total. The van der Waals surface area contributed by atoms with Crippen LogP contribution in [0.15, 0.2) is 0 Å². The van der Waals surface area contributed by atoms with Gasteiger partial charge in [-0.15, -0.1) is 0 Å². The van der Waals surface area contributed by atoms with Crippen LogP contribution in [0.5, 0.6) is 0 Å². The number of hydrogen-bond donors (Lipinski definition) is 2. The average Bonchev–Trinajstić information content (AvgIpc) is 2.13. The summed E-state index contributed by atoms with van der Waals surface area (Å²) in [6.07, 6.45) is 0. The Kier molecular flexibility index (Phi) is 7.01. The fourth-order valence-corrected chi connectivity index (χ4v) is 1.65. The maximum Gasteiger partial charge on any atom is 0.237 e. The Morgan fingerprint density at radius 1 is 1.43 bits per heavy atom. The number of hydrogen-bond acceptors (Lipinski definition) is 3. The van der Waals surface area contributed by atoms with E-state index in [4.69, 9.17) is 5.73 Å². The van der Waals surface area contributed by atoms with Crippen molar-refractivity contribution in [1.82, 2.24) is 5.32 Å². The summed E-state index contributed by atoms with van der Waals surface area (Å²) in [5.41, 5.74) is 5.72. The minimum Gasteiger partial charge on any atom is -0.351 e. The first-order valence-electron chi connectivity index (χ1n) is 5.12. The summed E-state index contributed by atoms with van der Waals surface area (Å²) in [5.74, 6) is 2.19. The molecule has 3 N–H and O–H groups in total. The molecule has 0 fully saturated rings. The molecule has 0 aromatic carbocycles. The van der Waals surface area contributed by atoms with Gasteiger partial charge in [-0.25, -0.2) is 0 Å². The first-order valence-corrected chi connectivity index (χ1v) is 6.28. The topological polar surface area (TPSA) is 55.1 Å². The summed E-state index contributed by atoms with van der Waals surface area (Å²) in [6.45, 7) is 8.03. The minimum atomic E-state index is -0.385. The van der Waals surface area contributed by atoms with E-state index in [0.717, 1.165) is 11.5 Å². The quantitative estimate of drug-likeness (QED) is 0.705. The highest BCUT2D eigenvalue weighted by molar-refractivity contribution is 7.99. The van der Waals surface area contributed by atoms with Crippen molar-refractivity contribution in [2.75, 3.05) is 11.5 Å². The van der Waals surface area contributed by atoms with Gasteiger partial charge in [-0.2, -0.15) is 11.8 Å². The second-order valence-corrected chi connectivity index (χ2v) is 5.16. The van der Waals surface area contributed by atoms with Crippen LogP contribution >= 0.6 is 11.8 Å². The fourth-order valence-electron chi connectivity index (χ4n) is 0.978. The van der Waals surface area contributed by atoms with Crippen LogP contribution < -0.4 is 11.1 Å². The zero-order valence-electron chi connectivity index (χ0n) is 9.54. The van der Waals surface area contributed by atoms with Gasteiger partial charge in [-0.3, -0.25) is 4.79 Å². The standard InChI is InChI=1S/C10H22N2OS/c1-5-14-6-8(4)12-10(13)9(11)7(2)3/h7-9H,5-6,11H2,1-4H3,(H,12,13)/t8?,9-/m0/s1. The number of nitrogens with two attached hydrogens (primary N) is 1. The van der Waals surface area contributed by atoms with Crippen molar-refractivity contribution in [2.45, 2.75) is 39.8 Å². The maximum absolute atomic E-state index is 11.5. The smallest absolute Gasteiger partial charge is 0.237 e. The van der Waals surface area contributed by atoms with Crippen molar-refractivity contribution in [2.24, 2.45) is 11.7 Å². The Morgan fingerprint density at radius 2 is 2.00 bits per heavy atom. The van der Waals surface area contributed by atoms with Gasteiger partial charge >= 0.3 is 0 Å². The van der Waals surface area contributed by atoms with E-state index in [-0.39, 0.29) is 23.9 Å². The first kappa shape index (κ1) is 13.8. The third-order valence-electron chi connectivity index (χ3n) is 1.98. The van der Waals surface area contributed by atoms with Gasteiger partial charge < -0.3 is 11.1 Å². The molecule has 0 rings (SSSR count). The van der Waals surface area contributed by atoms with Crippen LogP contribution in [0.1, 0.15) is 27.7 Å². The van der Waals surface area contributed by atoms with Crippen LogP contribution in [0.2, 0.25) is 0 Å². The van der Waals surface area contributed by atoms with Gasteiger partial charge in [0.25, 0.3) is 0 Å². The zero-order valence-corrected chi connectivity index (χ0v) is 10.4. The highest BCUT2D eigenvalue weighted by Crippen LogP contribution is 2.03. The molecule has 0 saturated heterocycles. The lowest BCUT2D eigenvalue weighted by Gasteiger charge is -2.19. The molecule has 1 unspecified atom stereocenters. The van der Waals surface area contributed by atoms with E-state index in [0.29, 0.717) is 0 Å². The second-order valence-electron chi connectivity index (χ2n) is 3.84. The Labute approximate surface area is 91.2 Å². The highest BCUT2D eigenvalue weighted by Gasteiger charge is 2.18. The molecule has 0 aliphatic heterocycles. The number of amides is 1. The SMILES string of the molecule is CCSCC(C)NC(=O)[C@@H](N)C(C)C. The Hall–Kier alpha value is -0.220. The van der Waals surface area contributed by atoms with Gasteiger partial charge in [0.15, 0.2) is 0 Å². The average molecular weight is 218 g/mol. The molecular formula is C10H22N2OS. The third kappa shape index (κ3) is 5.50. The fraction of sp³-hybridized carbons (Fsp3) is 0.900. The van der Waals surface area contributed by atoms with Crippen LogP contribution in [0.25, 0.3) is 0 Å². The molecule has 0 spiro atoms. The summed E-state index contributed by atoms with van der Waals surface area (Å²) in [7, 11) is 0. The molecule has 0 saturated carbocycles. The number of thioether (sulfide) groups is 1. The monoisotopic (exact) mass is 218 g/mol. The van der Waals surface area contributed by atoms with Crippen molar-refractivity contribution < 1.29 is 4.79 Å². The van der Waals surface area contributed by atoms with Crippen LogP contribution in [0.3, 0.4) is 0 Å². The molecule has 0 aliphatic carbocycles. The van der Waals surface area contributed by atoms with Crippen LogP contribution in [0, 0.1) is 5.92 Å². The molecular weight excluding hydrogens is 196 g/mol. The summed E-state index contributed by atoms with van der Waals surface area (Å²) in [5, 5.41) is 2.91. The highest BCUT2D eigenvalue weighted by atomic mass is 32.2. The van der Waals surface area contributed by atoms with Crippen molar-refractivity contribution in [1.29, 1.82) is 0 Å². The lowest BCUT2D eigenvalue weighted by molar-refractivity contribution is -0.123. The zero-order chi connectivity index (χ0) is 11.1. The number of carbonyl (C=O) groups excluding carboxylic acids is 1. The summed E-state index contributed by atoms with van der Waals surface area (Å²) < 4.78 is 0. The lowest BCUT2D eigenvalue weighted by Crippen LogP contribution is -2.47. The predicted molar refractivity (Wildman–Crippen MR) is 63.4 cm³/mol. The second kappa shape index (κ2) is 7.12. The largest absolute Gasteiger partial charge is 0.351 e. The molecule has 0 bridgehead atoms. The molecule has 0 aromatic heterocycles. The van der Waals surface area contributed by atoms with Gasteiger partial charge in [0.05, 0.1) is 6.04 Å². The molecule has 1 amide bonds. The number of nitrogens with one attached hydrogen (secondary N) is 1. The van der Waals surface area contributed by atoms with E-state index >= 15 is 0 Å². The third-order valence-corrected chi connectivity index (χ3v) is 3.13. The molecule has 14 heavy (non-hydrogen) atoms. The normalized spacial score (nSPS) is 15.3. The summed E-state index contributed by atoms with van der Waals surface area (Å²) in [4.78, 5) is 11.5. The van der Waals surface area contributed by atoms with Gasteiger partial charge in [0.1, 0.15) is 0 Å². The predicted octanol–water partition coefficient (Wildman–Crippen LogP) is 1.23. The van der Waals surface area contributed by atoms with E-state index < -0.39 is 0 Å². The number of carbonyl (C=O) groups is 1.